The van der Waals surface area contributed by atoms with Crippen molar-refractivity contribution in [1.82, 2.24) is 9.97 Å². The fourth-order valence-corrected chi connectivity index (χ4v) is 3.61. The van der Waals surface area contributed by atoms with Crippen LogP contribution in [0, 0.1) is 0 Å². The van der Waals surface area contributed by atoms with Gasteiger partial charge in [-0.25, -0.2) is 9.97 Å². The van der Waals surface area contributed by atoms with Gasteiger partial charge in [0.15, 0.2) is 17.3 Å². The molecule has 108 valence electrons. The maximum Gasteiger partial charge on any atom is 0.231 e. The lowest BCUT2D eigenvalue weighted by Gasteiger charge is -2.16. The summed E-state index contributed by atoms with van der Waals surface area (Å²) in [7, 11) is 0. The van der Waals surface area contributed by atoms with E-state index >= 15 is 0 Å². The molecule has 1 aromatic heterocycles. The number of ether oxygens (including phenoxy) is 2. The van der Waals surface area contributed by atoms with E-state index in [1.165, 1.54) is 0 Å². The second kappa shape index (κ2) is 5.14. The standard InChI is InChI=1S/C15H12BrClN2O2/c16-10-5-8(6-12-13(10)21-7-20-12)15-18-11-4-2-1-3-9(11)14(17)19-15/h5-6H,1-4,7H2. The predicted octanol–water partition coefficient (Wildman–Crippen LogP) is 4.17. The van der Waals surface area contributed by atoms with Crippen LogP contribution in [0.3, 0.4) is 0 Å². The van der Waals surface area contributed by atoms with Gasteiger partial charge >= 0.3 is 0 Å². The summed E-state index contributed by atoms with van der Waals surface area (Å²) in [5.74, 6) is 2.07. The summed E-state index contributed by atoms with van der Waals surface area (Å²) in [5, 5.41) is 0.573. The van der Waals surface area contributed by atoms with Crippen LogP contribution in [-0.2, 0) is 12.8 Å². The second-order valence-corrected chi connectivity index (χ2v) is 6.37. The zero-order valence-electron chi connectivity index (χ0n) is 11.2. The average molecular weight is 368 g/mol. The zero-order valence-corrected chi connectivity index (χ0v) is 13.5. The highest BCUT2D eigenvalue weighted by Gasteiger charge is 2.21. The van der Waals surface area contributed by atoms with Crippen LogP contribution in [0.4, 0.5) is 0 Å². The number of halogens is 2. The largest absolute Gasteiger partial charge is 0.454 e. The lowest BCUT2D eigenvalue weighted by molar-refractivity contribution is 0.173. The van der Waals surface area contributed by atoms with Crippen molar-refractivity contribution in [3.8, 4) is 22.9 Å². The Morgan fingerprint density at radius 2 is 1.95 bits per heavy atom. The molecule has 0 unspecified atom stereocenters. The molecule has 0 amide bonds. The molecule has 4 rings (SSSR count). The molecule has 0 saturated heterocycles. The molecule has 1 aromatic carbocycles. The summed E-state index contributed by atoms with van der Waals surface area (Å²) in [6, 6.07) is 3.84. The number of nitrogens with zero attached hydrogens (tertiary/aromatic N) is 2. The van der Waals surface area contributed by atoms with Crippen LogP contribution in [0.15, 0.2) is 16.6 Å². The lowest BCUT2D eigenvalue weighted by atomic mass is 9.97. The van der Waals surface area contributed by atoms with Crippen molar-refractivity contribution in [3.63, 3.8) is 0 Å². The highest BCUT2D eigenvalue weighted by Crippen LogP contribution is 2.42. The minimum absolute atomic E-state index is 0.239. The Bertz CT molecular complexity index is 736. The van der Waals surface area contributed by atoms with Crippen molar-refractivity contribution < 1.29 is 9.47 Å². The van der Waals surface area contributed by atoms with E-state index in [1.807, 2.05) is 12.1 Å². The maximum absolute atomic E-state index is 6.34. The summed E-state index contributed by atoms with van der Waals surface area (Å²) in [6.07, 6.45) is 4.26. The first-order valence-electron chi connectivity index (χ1n) is 6.87. The predicted molar refractivity (Wildman–Crippen MR) is 82.9 cm³/mol. The Kier molecular flexibility index (Phi) is 3.27. The van der Waals surface area contributed by atoms with Crippen molar-refractivity contribution >= 4 is 27.5 Å². The lowest BCUT2D eigenvalue weighted by Crippen LogP contribution is -2.08. The summed E-state index contributed by atoms with van der Waals surface area (Å²) in [5.41, 5.74) is 3.05. The van der Waals surface area contributed by atoms with E-state index in [1.54, 1.807) is 0 Å². The van der Waals surface area contributed by atoms with Crippen LogP contribution >= 0.6 is 27.5 Å². The van der Waals surface area contributed by atoms with E-state index in [0.29, 0.717) is 16.7 Å². The molecule has 1 aliphatic carbocycles. The number of rotatable bonds is 1. The third kappa shape index (κ3) is 2.28. The molecule has 2 aliphatic rings. The summed E-state index contributed by atoms with van der Waals surface area (Å²) in [4.78, 5) is 9.16. The van der Waals surface area contributed by atoms with Crippen LogP contribution in [0.1, 0.15) is 24.1 Å². The third-order valence-corrected chi connectivity index (χ3v) is 4.72. The van der Waals surface area contributed by atoms with Gasteiger partial charge in [-0.15, -0.1) is 0 Å². The number of hydrogen-bond donors (Lipinski definition) is 0. The van der Waals surface area contributed by atoms with Gasteiger partial charge in [0.2, 0.25) is 6.79 Å². The summed E-state index contributed by atoms with van der Waals surface area (Å²) >= 11 is 9.83. The van der Waals surface area contributed by atoms with E-state index in [9.17, 15) is 0 Å². The van der Waals surface area contributed by atoms with Crippen LogP contribution in [0.2, 0.25) is 5.15 Å². The molecule has 6 heteroatoms. The third-order valence-electron chi connectivity index (χ3n) is 3.82. The van der Waals surface area contributed by atoms with Crippen molar-refractivity contribution in [1.29, 1.82) is 0 Å². The van der Waals surface area contributed by atoms with E-state index in [-0.39, 0.29) is 6.79 Å². The smallest absolute Gasteiger partial charge is 0.231 e. The van der Waals surface area contributed by atoms with Gasteiger partial charge in [-0.3, -0.25) is 0 Å². The average Bonchev–Trinajstić information content (AvgIpc) is 2.96. The van der Waals surface area contributed by atoms with Gasteiger partial charge < -0.3 is 9.47 Å². The topological polar surface area (TPSA) is 44.2 Å². The van der Waals surface area contributed by atoms with Gasteiger partial charge in [0.1, 0.15) is 5.15 Å². The highest BCUT2D eigenvalue weighted by molar-refractivity contribution is 9.10. The Hall–Kier alpha value is -1.33. The molecule has 1 aliphatic heterocycles. The molecule has 2 heterocycles. The van der Waals surface area contributed by atoms with E-state index in [2.05, 4.69) is 20.9 Å². The first-order valence-corrected chi connectivity index (χ1v) is 8.04. The van der Waals surface area contributed by atoms with Gasteiger partial charge in [-0.2, -0.15) is 0 Å². The maximum atomic E-state index is 6.34. The zero-order chi connectivity index (χ0) is 14.4. The van der Waals surface area contributed by atoms with Gasteiger partial charge in [-0.1, -0.05) is 11.6 Å². The van der Waals surface area contributed by atoms with Gasteiger partial charge in [0, 0.05) is 16.8 Å². The molecule has 2 aromatic rings. The Balaban J connectivity index is 1.84. The molecule has 0 atom stereocenters. The number of hydrogen-bond acceptors (Lipinski definition) is 4. The number of fused-ring (bicyclic) bond motifs is 2. The molecule has 0 spiro atoms. The Morgan fingerprint density at radius 3 is 2.86 bits per heavy atom. The second-order valence-electron chi connectivity index (χ2n) is 5.16. The van der Waals surface area contributed by atoms with E-state index < -0.39 is 0 Å². The summed E-state index contributed by atoms with van der Waals surface area (Å²) in [6.45, 7) is 0.239. The Morgan fingerprint density at radius 1 is 1.10 bits per heavy atom. The van der Waals surface area contributed by atoms with Gasteiger partial charge in [0.25, 0.3) is 0 Å². The minimum atomic E-state index is 0.239. The van der Waals surface area contributed by atoms with Crippen LogP contribution in [-0.4, -0.2) is 16.8 Å². The monoisotopic (exact) mass is 366 g/mol. The van der Waals surface area contributed by atoms with E-state index in [4.69, 9.17) is 26.1 Å². The first kappa shape index (κ1) is 13.3. The van der Waals surface area contributed by atoms with Gasteiger partial charge in [0.05, 0.1) is 4.47 Å². The fraction of sp³-hybridized carbons (Fsp3) is 0.333. The number of aromatic nitrogens is 2. The van der Waals surface area contributed by atoms with Gasteiger partial charge in [-0.05, 0) is 53.7 Å². The molecule has 21 heavy (non-hydrogen) atoms. The SMILES string of the molecule is Clc1nc(-c2cc(Br)c3c(c2)OCO3)nc2c1CCCC2. The minimum Gasteiger partial charge on any atom is -0.454 e. The van der Waals surface area contributed by atoms with Crippen molar-refractivity contribution in [3.05, 3.63) is 33.0 Å². The molecule has 0 N–H and O–H groups in total. The molecular formula is C15H12BrClN2O2. The first-order chi connectivity index (χ1) is 10.2. The molecule has 0 bridgehead atoms. The van der Waals surface area contributed by atoms with Crippen LogP contribution < -0.4 is 9.47 Å². The fourth-order valence-electron chi connectivity index (χ4n) is 2.77. The number of aryl methyl sites for hydroxylation is 1. The molecule has 0 radical (unpaired) electrons. The van der Waals surface area contributed by atoms with Crippen LogP contribution in [0.5, 0.6) is 11.5 Å². The highest BCUT2D eigenvalue weighted by atomic mass is 79.9. The molecule has 0 saturated carbocycles. The molecule has 4 nitrogen and oxygen atoms in total. The quantitative estimate of drug-likeness (QED) is 0.710. The molecule has 0 fully saturated rings. The molecular weight excluding hydrogens is 356 g/mol. The van der Waals surface area contributed by atoms with Crippen molar-refractivity contribution in [2.45, 2.75) is 25.7 Å². The van der Waals surface area contributed by atoms with Crippen molar-refractivity contribution in [2.24, 2.45) is 0 Å². The van der Waals surface area contributed by atoms with Crippen LogP contribution in [0.25, 0.3) is 11.4 Å². The normalized spacial score (nSPS) is 15.9. The number of benzene rings is 1. The summed E-state index contributed by atoms with van der Waals surface area (Å²) < 4.78 is 11.7. The Labute approximate surface area is 135 Å². The van der Waals surface area contributed by atoms with Crippen molar-refractivity contribution in [2.75, 3.05) is 6.79 Å². The van der Waals surface area contributed by atoms with E-state index in [0.717, 1.165) is 52.7 Å².